The van der Waals surface area contributed by atoms with Crippen LogP contribution < -0.4 is 10.2 Å². The summed E-state index contributed by atoms with van der Waals surface area (Å²) in [6, 6.07) is 3.84. The minimum absolute atomic E-state index is 0.0286. The monoisotopic (exact) mass is 355 g/mol. The van der Waals surface area contributed by atoms with Crippen molar-refractivity contribution < 1.29 is 9.59 Å². The van der Waals surface area contributed by atoms with Crippen LogP contribution in [-0.2, 0) is 9.59 Å². The molecule has 3 rings (SSSR count). The quantitative estimate of drug-likeness (QED) is 0.776. The lowest BCUT2D eigenvalue weighted by molar-refractivity contribution is -0.131. The number of piperidine rings is 1. The Morgan fingerprint density at radius 3 is 3.12 bits per heavy atom. The van der Waals surface area contributed by atoms with Crippen LogP contribution in [0.2, 0.25) is 0 Å². The van der Waals surface area contributed by atoms with E-state index in [1.54, 1.807) is 11.1 Å². The topological polar surface area (TPSA) is 118 Å². The Morgan fingerprint density at radius 1 is 1.58 bits per heavy atom. The number of anilines is 2. The second-order valence-electron chi connectivity index (χ2n) is 6.52. The van der Waals surface area contributed by atoms with E-state index in [1.165, 1.54) is 0 Å². The van der Waals surface area contributed by atoms with Crippen LogP contribution in [0.5, 0.6) is 0 Å². The smallest absolute Gasteiger partial charge is 0.236 e. The fraction of sp³-hybridized carbons (Fsp3) is 0.471. The van der Waals surface area contributed by atoms with Crippen LogP contribution in [0.4, 0.5) is 11.5 Å². The van der Waals surface area contributed by atoms with Crippen molar-refractivity contribution in [3.63, 3.8) is 0 Å². The van der Waals surface area contributed by atoms with Gasteiger partial charge >= 0.3 is 0 Å². The molecule has 0 bridgehead atoms. The number of nitrogens with zero attached hydrogens (tertiary/aromatic N) is 5. The molecular formula is C17H21N7O2. The van der Waals surface area contributed by atoms with Crippen molar-refractivity contribution in [2.75, 3.05) is 30.4 Å². The molecule has 2 amide bonds. The summed E-state index contributed by atoms with van der Waals surface area (Å²) in [5.74, 6) is 0.559. The highest BCUT2D eigenvalue weighted by Gasteiger charge is 2.33. The van der Waals surface area contributed by atoms with Crippen molar-refractivity contribution in [2.45, 2.75) is 25.8 Å². The maximum atomic E-state index is 12.1. The summed E-state index contributed by atoms with van der Waals surface area (Å²) in [4.78, 5) is 29.9. The van der Waals surface area contributed by atoms with E-state index in [1.807, 2.05) is 24.1 Å². The number of likely N-dealkylation sites (tertiary alicyclic amines) is 1. The van der Waals surface area contributed by atoms with Crippen LogP contribution in [0.15, 0.2) is 12.3 Å². The molecule has 1 aliphatic heterocycles. The number of nitrogens with one attached hydrogen (secondary N) is 2. The molecule has 0 spiro atoms. The van der Waals surface area contributed by atoms with Crippen LogP contribution in [-0.4, -0.2) is 58.6 Å². The van der Waals surface area contributed by atoms with Gasteiger partial charge in [0.25, 0.3) is 0 Å². The summed E-state index contributed by atoms with van der Waals surface area (Å²) in [5, 5.41) is 20.4. The Hall–Kier alpha value is -3.15. The molecule has 2 aromatic heterocycles. The van der Waals surface area contributed by atoms with Gasteiger partial charge in [0.15, 0.2) is 11.5 Å². The van der Waals surface area contributed by atoms with Gasteiger partial charge in [0.2, 0.25) is 12.3 Å². The number of aromatic amines is 1. The van der Waals surface area contributed by atoms with Gasteiger partial charge in [-0.3, -0.25) is 9.59 Å². The highest BCUT2D eigenvalue weighted by molar-refractivity contribution is 5.97. The first-order valence-corrected chi connectivity index (χ1v) is 8.48. The molecule has 26 heavy (non-hydrogen) atoms. The number of carbonyl (C=O) groups excluding carboxylic acids is 2. The van der Waals surface area contributed by atoms with Gasteiger partial charge in [0, 0.05) is 37.8 Å². The van der Waals surface area contributed by atoms with Gasteiger partial charge < -0.3 is 20.1 Å². The van der Waals surface area contributed by atoms with Crippen molar-refractivity contribution in [1.82, 2.24) is 20.1 Å². The average molecular weight is 355 g/mol. The van der Waals surface area contributed by atoms with E-state index in [0.717, 1.165) is 17.5 Å². The molecule has 2 N–H and O–H groups in total. The molecule has 0 radical (unpaired) electrons. The molecule has 1 aliphatic rings. The zero-order valence-electron chi connectivity index (χ0n) is 14.8. The van der Waals surface area contributed by atoms with E-state index in [0.29, 0.717) is 36.9 Å². The minimum Gasteiger partial charge on any atom is -0.366 e. The van der Waals surface area contributed by atoms with E-state index in [2.05, 4.69) is 27.4 Å². The van der Waals surface area contributed by atoms with Crippen molar-refractivity contribution in [2.24, 2.45) is 5.92 Å². The Kier molecular flexibility index (Phi) is 5.02. The number of carbonyl (C=O) groups is 2. The Morgan fingerprint density at radius 2 is 2.38 bits per heavy atom. The molecule has 3 heterocycles. The van der Waals surface area contributed by atoms with Crippen LogP contribution in [0.3, 0.4) is 0 Å². The Balaban J connectivity index is 1.95. The third kappa shape index (κ3) is 3.18. The number of nitriles is 1. The van der Waals surface area contributed by atoms with Gasteiger partial charge in [-0.25, -0.2) is 0 Å². The third-order valence-electron chi connectivity index (χ3n) is 5.00. The summed E-state index contributed by atoms with van der Waals surface area (Å²) in [6.45, 7) is 3.32. The first-order valence-electron chi connectivity index (χ1n) is 8.48. The summed E-state index contributed by atoms with van der Waals surface area (Å²) >= 11 is 0. The van der Waals surface area contributed by atoms with Crippen LogP contribution in [0, 0.1) is 17.2 Å². The van der Waals surface area contributed by atoms with Crippen LogP contribution in [0.1, 0.15) is 19.8 Å². The first-order chi connectivity index (χ1) is 12.6. The van der Waals surface area contributed by atoms with E-state index >= 15 is 0 Å². The SMILES string of the molecule is C[C@@H]1CCN(C(=O)CC#N)C[C@@H]1N(C)c1c(NC=O)nnc2[nH]ccc12. The predicted octanol–water partition coefficient (Wildman–Crippen LogP) is 1.11. The second kappa shape index (κ2) is 7.39. The summed E-state index contributed by atoms with van der Waals surface area (Å²) in [5.41, 5.74) is 1.39. The van der Waals surface area contributed by atoms with Crippen LogP contribution in [0.25, 0.3) is 11.0 Å². The van der Waals surface area contributed by atoms with Crippen molar-refractivity contribution >= 4 is 34.9 Å². The molecule has 0 aromatic carbocycles. The van der Waals surface area contributed by atoms with Gasteiger partial charge in [0.05, 0.1) is 11.8 Å². The number of H-pyrrole nitrogens is 1. The summed E-state index contributed by atoms with van der Waals surface area (Å²) < 4.78 is 0. The number of hydrogen-bond acceptors (Lipinski definition) is 6. The highest BCUT2D eigenvalue weighted by Crippen LogP contribution is 2.34. The maximum Gasteiger partial charge on any atom is 0.236 e. The molecule has 1 saturated heterocycles. The number of amides is 2. The summed E-state index contributed by atoms with van der Waals surface area (Å²) in [6.07, 6.45) is 3.08. The minimum atomic E-state index is -0.149. The zero-order chi connectivity index (χ0) is 18.7. The average Bonchev–Trinajstić information content (AvgIpc) is 3.10. The molecule has 2 atom stereocenters. The van der Waals surface area contributed by atoms with Crippen molar-refractivity contribution in [3.8, 4) is 6.07 Å². The zero-order valence-corrected chi connectivity index (χ0v) is 14.8. The number of likely N-dealkylation sites (N-methyl/N-ethyl adjacent to an activating group) is 1. The molecule has 9 heteroatoms. The standard InChI is InChI=1S/C17H21N7O2/c1-11-5-8-24(14(26)3-6-18)9-13(11)23(2)15-12-4-7-19-16(12)21-22-17(15)20-10-25/h4,7,10-11,13H,3,5,8-9H2,1-2H3,(H,19,21)(H,20,22,25)/t11-,13+/m1/s1. The lowest BCUT2D eigenvalue weighted by Gasteiger charge is -2.42. The van der Waals surface area contributed by atoms with Gasteiger partial charge in [-0.2, -0.15) is 5.26 Å². The Labute approximate surface area is 151 Å². The fourth-order valence-electron chi connectivity index (χ4n) is 3.54. The van der Waals surface area contributed by atoms with Crippen molar-refractivity contribution in [1.29, 1.82) is 5.26 Å². The molecule has 1 fully saturated rings. The number of hydrogen-bond donors (Lipinski definition) is 2. The third-order valence-corrected chi connectivity index (χ3v) is 5.00. The second-order valence-corrected chi connectivity index (χ2v) is 6.52. The van der Waals surface area contributed by atoms with Crippen LogP contribution >= 0.6 is 0 Å². The van der Waals surface area contributed by atoms with Gasteiger partial charge in [-0.15, -0.1) is 10.2 Å². The molecule has 9 nitrogen and oxygen atoms in total. The van der Waals surface area contributed by atoms with E-state index in [4.69, 9.17) is 5.26 Å². The molecule has 2 aromatic rings. The van der Waals surface area contributed by atoms with Crippen molar-refractivity contribution in [3.05, 3.63) is 12.3 Å². The summed E-state index contributed by atoms with van der Waals surface area (Å²) in [7, 11) is 1.93. The normalized spacial score (nSPS) is 19.8. The number of aromatic nitrogens is 3. The first kappa shape index (κ1) is 17.7. The highest BCUT2D eigenvalue weighted by atomic mass is 16.2. The van der Waals surface area contributed by atoms with Gasteiger partial charge in [-0.1, -0.05) is 6.92 Å². The molecule has 136 valence electrons. The predicted molar refractivity (Wildman–Crippen MR) is 96.4 cm³/mol. The molecule has 0 unspecified atom stereocenters. The lowest BCUT2D eigenvalue weighted by Crippen LogP contribution is -2.52. The maximum absolute atomic E-state index is 12.1. The number of fused-ring (bicyclic) bond motifs is 1. The van der Waals surface area contributed by atoms with Gasteiger partial charge in [-0.05, 0) is 18.4 Å². The number of rotatable bonds is 5. The lowest BCUT2D eigenvalue weighted by atomic mass is 9.91. The molecule has 0 saturated carbocycles. The molecular weight excluding hydrogens is 334 g/mol. The fourth-order valence-corrected chi connectivity index (χ4v) is 3.54. The molecule has 0 aliphatic carbocycles. The van der Waals surface area contributed by atoms with E-state index < -0.39 is 0 Å². The van der Waals surface area contributed by atoms with Gasteiger partial charge in [0.1, 0.15) is 6.42 Å². The Bertz CT molecular complexity index is 856. The van der Waals surface area contributed by atoms with E-state index in [-0.39, 0.29) is 18.4 Å². The largest absolute Gasteiger partial charge is 0.366 e. The van der Waals surface area contributed by atoms with E-state index in [9.17, 15) is 9.59 Å².